The van der Waals surface area contributed by atoms with Gasteiger partial charge < -0.3 is 29.5 Å². The molecule has 1 aromatic heterocycles. The standard InChI is InChI=1S/C25H36N6O4/c1-19(2)26-25(33)31(16-17-34-3)18-24(32)30-13-5-12-29(14-15-30)23-11-10-22(27-28-23)20-6-8-21(35-4)9-7-20/h6-11,19H,5,12-18H2,1-4H3,(H,26,33). The summed E-state index contributed by atoms with van der Waals surface area (Å²) in [7, 11) is 3.22. The number of carbonyl (C=O) groups excluding carboxylic acids is 2. The second kappa shape index (κ2) is 12.9. The van der Waals surface area contributed by atoms with E-state index in [1.54, 1.807) is 14.2 Å². The maximum atomic E-state index is 13.0. The lowest BCUT2D eigenvalue weighted by atomic mass is 10.1. The zero-order valence-electron chi connectivity index (χ0n) is 21.1. The minimum Gasteiger partial charge on any atom is -0.497 e. The van der Waals surface area contributed by atoms with E-state index in [2.05, 4.69) is 20.4 Å². The van der Waals surface area contributed by atoms with E-state index in [4.69, 9.17) is 9.47 Å². The molecule has 1 fully saturated rings. The van der Waals surface area contributed by atoms with Crippen LogP contribution in [0.25, 0.3) is 11.3 Å². The lowest BCUT2D eigenvalue weighted by molar-refractivity contribution is -0.131. The molecule has 1 saturated heterocycles. The number of amides is 3. The van der Waals surface area contributed by atoms with Crippen molar-refractivity contribution in [2.75, 3.05) is 65.0 Å². The number of carbonyl (C=O) groups is 2. The largest absolute Gasteiger partial charge is 0.497 e. The van der Waals surface area contributed by atoms with Crippen LogP contribution in [-0.4, -0.2) is 98.1 Å². The third kappa shape index (κ3) is 7.54. The third-order valence-corrected chi connectivity index (χ3v) is 5.80. The number of methoxy groups -OCH3 is 2. The predicted octanol–water partition coefficient (Wildman–Crippen LogP) is 2.26. The summed E-state index contributed by atoms with van der Waals surface area (Å²) in [5.41, 5.74) is 1.76. The van der Waals surface area contributed by atoms with Gasteiger partial charge in [0.2, 0.25) is 5.91 Å². The number of aromatic nitrogens is 2. The van der Waals surface area contributed by atoms with E-state index >= 15 is 0 Å². The van der Waals surface area contributed by atoms with Gasteiger partial charge in [0.15, 0.2) is 5.82 Å². The van der Waals surface area contributed by atoms with Crippen LogP contribution >= 0.6 is 0 Å². The van der Waals surface area contributed by atoms with E-state index in [1.807, 2.05) is 55.1 Å². The number of hydrogen-bond donors (Lipinski definition) is 1. The molecular formula is C25H36N6O4. The quantitative estimate of drug-likeness (QED) is 0.583. The van der Waals surface area contributed by atoms with Crippen molar-refractivity contribution in [1.82, 2.24) is 25.3 Å². The summed E-state index contributed by atoms with van der Waals surface area (Å²) in [5, 5.41) is 11.7. The Morgan fingerprint density at radius 1 is 1.03 bits per heavy atom. The smallest absolute Gasteiger partial charge is 0.318 e. The SMILES string of the molecule is COCCN(CC(=O)N1CCCN(c2ccc(-c3ccc(OC)cc3)nn2)CC1)C(=O)NC(C)C. The number of anilines is 1. The summed E-state index contributed by atoms with van der Waals surface area (Å²) in [6.45, 7) is 7.17. The number of nitrogens with zero attached hydrogens (tertiary/aromatic N) is 5. The predicted molar refractivity (Wildman–Crippen MR) is 135 cm³/mol. The Morgan fingerprint density at radius 2 is 1.80 bits per heavy atom. The number of rotatable bonds is 9. The molecule has 0 bridgehead atoms. The van der Waals surface area contributed by atoms with Gasteiger partial charge in [-0.2, -0.15) is 0 Å². The summed E-state index contributed by atoms with van der Waals surface area (Å²) >= 11 is 0. The summed E-state index contributed by atoms with van der Waals surface area (Å²) < 4.78 is 10.3. The average Bonchev–Trinajstić information content (AvgIpc) is 3.13. The molecular weight excluding hydrogens is 448 g/mol. The van der Waals surface area contributed by atoms with Crippen LogP contribution in [-0.2, 0) is 9.53 Å². The third-order valence-electron chi connectivity index (χ3n) is 5.80. The molecule has 3 amide bonds. The molecule has 1 aromatic carbocycles. The van der Waals surface area contributed by atoms with E-state index in [0.717, 1.165) is 35.8 Å². The van der Waals surface area contributed by atoms with Crippen molar-refractivity contribution in [2.24, 2.45) is 0 Å². The Morgan fingerprint density at radius 3 is 2.43 bits per heavy atom. The fourth-order valence-electron chi connectivity index (χ4n) is 3.86. The molecule has 35 heavy (non-hydrogen) atoms. The Balaban J connectivity index is 1.58. The van der Waals surface area contributed by atoms with Crippen LogP contribution in [0, 0.1) is 0 Å². The van der Waals surface area contributed by atoms with Gasteiger partial charge in [-0.25, -0.2) is 4.79 Å². The van der Waals surface area contributed by atoms with Crippen molar-refractivity contribution < 1.29 is 19.1 Å². The van der Waals surface area contributed by atoms with Crippen LogP contribution in [0.3, 0.4) is 0 Å². The molecule has 0 aliphatic carbocycles. The van der Waals surface area contributed by atoms with Crippen molar-refractivity contribution >= 4 is 17.8 Å². The lowest BCUT2D eigenvalue weighted by Gasteiger charge is -2.27. The first-order valence-corrected chi connectivity index (χ1v) is 12.0. The highest BCUT2D eigenvalue weighted by molar-refractivity contribution is 5.84. The van der Waals surface area contributed by atoms with Gasteiger partial charge in [-0.05, 0) is 56.7 Å². The highest BCUT2D eigenvalue weighted by atomic mass is 16.5. The molecule has 1 N–H and O–H groups in total. The molecule has 10 nitrogen and oxygen atoms in total. The normalized spacial score (nSPS) is 14.0. The first-order chi connectivity index (χ1) is 16.9. The first-order valence-electron chi connectivity index (χ1n) is 12.0. The van der Waals surface area contributed by atoms with Crippen molar-refractivity contribution in [3.05, 3.63) is 36.4 Å². The van der Waals surface area contributed by atoms with Crippen LogP contribution in [0.5, 0.6) is 5.75 Å². The highest BCUT2D eigenvalue weighted by Gasteiger charge is 2.24. The number of benzene rings is 1. The summed E-state index contributed by atoms with van der Waals surface area (Å²) in [6.07, 6.45) is 0.809. The van der Waals surface area contributed by atoms with Gasteiger partial charge in [0.1, 0.15) is 12.3 Å². The van der Waals surface area contributed by atoms with Crippen LogP contribution in [0.1, 0.15) is 20.3 Å². The number of hydrogen-bond acceptors (Lipinski definition) is 7. The van der Waals surface area contributed by atoms with Crippen LogP contribution in [0.4, 0.5) is 10.6 Å². The lowest BCUT2D eigenvalue weighted by Crippen LogP contribution is -2.49. The number of urea groups is 1. The molecule has 2 heterocycles. The van der Waals surface area contributed by atoms with Crippen molar-refractivity contribution in [2.45, 2.75) is 26.3 Å². The van der Waals surface area contributed by atoms with E-state index in [0.29, 0.717) is 32.8 Å². The fraction of sp³-hybridized carbons (Fsp3) is 0.520. The molecule has 1 aliphatic heterocycles. The molecule has 0 unspecified atom stereocenters. The zero-order valence-corrected chi connectivity index (χ0v) is 21.1. The Hall–Kier alpha value is -3.40. The Labute approximate surface area is 207 Å². The highest BCUT2D eigenvalue weighted by Crippen LogP contribution is 2.22. The zero-order chi connectivity index (χ0) is 25.2. The maximum Gasteiger partial charge on any atom is 0.318 e. The molecule has 10 heteroatoms. The monoisotopic (exact) mass is 484 g/mol. The molecule has 1 aliphatic rings. The van der Waals surface area contributed by atoms with Crippen LogP contribution in [0.2, 0.25) is 0 Å². The Bertz CT molecular complexity index is 951. The van der Waals surface area contributed by atoms with Crippen LogP contribution in [0.15, 0.2) is 36.4 Å². The second-order valence-corrected chi connectivity index (χ2v) is 8.75. The van der Waals surface area contributed by atoms with Crippen molar-refractivity contribution in [3.8, 4) is 17.0 Å². The van der Waals surface area contributed by atoms with Gasteiger partial charge in [0, 0.05) is 51.4 Å². The Kier molecular flexibility index (Phi) is 9.66. The molecule has 3 rings (SSSR count). The average molecular weight is 485 g/mol. The van der Waals surface area contributed by atoms with Gasteiger partial charge >= 0.3 is 6.03 Å². The molecule has 0 spiro atoms. The summed E-state index contributed by atoms with van der Waals surface area (Å²) in [4.78, 5) is 31.0. The maximum absolute atomic E-state index is 13.0. The summed E-state index contributed by atoms with van der Waals surface area (Å²) in [6, 6.07) is 11.4. The number of nitrogens with one attached hydrogen (secondary N) is 1. The topological polar surface area (TPSA) is 100 Å². The molecule has 0 atom stereocenters. The summed E-state index contributed by atoms with van der Waals surface area (Å²) in [5.74, 6) is 1.52. The minimum atomic E-state index is -0.255. The fourth-order valence-corrected chi connectivity index (χ4v) is 3.86. The molecule has 0 saturated carbocycles. The second-order valence-electron chi connectivity index (χ2n) is 8.75. The minimum absolute atomic E-state index is 0.00777. The van der Waals surface area contributed by atoms with Gasteiger partial charge in [-0.15, -0.1) is 10.2 Å². The van der Waals surface area contributed by atoms with E-state index < -0.39 is 0 Å². The van der Waals surface area contributed by atoms with Crippen molar-refractivity contribution in [3.63, 3.8) is 0 Å². The van der Waals surface area contributed by atoms with E-state index in [-0.39, 0.29) is 24.5 Å². The molecule has 2 aromatic rings. The van der Waals surface area contributed by atoms with Crippen LogP contribution < -0.4 is 15.0 Å². The van der Waals surface area contributed by atoms with Crippen molar-refractivity contribution in [1.29, 1.82) is 0 Å². The van der Waals surface area contributed by atoms with E-state index in [1.165, 1.54) is 4.90 Å². The van der Waals surface area contributed by atoms with Gasteiger partial charge in [0.25, 0.3) is 0 Å². The molecule has 190 valence electrons. The molecule has 0 radical (unpaired) electrons. The van der Waals surface area contributed by atoms with Gasteiger partial charge in [-0.3, -0.25) is 4.79 Å². The van der Waals surface area contributed by atoms with E-state index in [9.17, 15) is 9.59 Å². The first kappa shape index (κ1) is 26.2. The van der Waals surface area contributed by atoms with Gasteiger partial charge in [0.05, 0.1) is 19.4 Å². The number of ether oxygens (including phenoxy) is 2. The van der Waals surface area contributed by atoms with Gasteiger partial charge in [-0.1, -0.05) is 0 Å².